The molecule has 0 radical (unpaired) electrons. The monoisotopic (exact) mass is 308 g/mol. The second kappa shape index (κ2) is 9.34. The highest BCUT2D eigenvalue weighted by atomic mass is 32.2. The van der Waals surface area contributed by atoms with Gasteiger partial charge in [-0.2, -0.15) is 11.8 Å². The Morgan fingerprint density at radius 1 is 1.38 bits per heavy atom. The minimum absolute atomic E-state index is 0.675. The van der Waals surface area contributed by atoms with Gasteiger partial charge in [-0.3, -0.25) is 4.90 Å². The molecule has 0 spiro atoms. The zero-order chi connectivity index (χ0) is 14.9. The van der Waals surface area contributed by atoms with Crippen LogP contribution in [0.25, 0.3) is 0 Å². The molecule has 1 atom stereocenters. The summed E-state index contributed by atoms with van der Waals surface area (Å²) in [5.41, 5.74) is 1.26. The third-order valence-corrected chi connectivity index (χ3v) is 5.05. The van der Waals surface area contributed by atoms with E-state index in [0.29, 0.717) is 6.04 Å². The van der Waals surface area contributed by atoms with Gasteiger partial charge in [0.25, 0.3) is 0 Å². The molecule has 4 heteroatoms. The van der Waals surface area contributed by atoms with Gasteiger partial charge in [0.15, 0.2) is 0 Å². The summed E-state index contributed by atoms with van der Waals surface area (Å²) in [7, 11) is 0. The van der Waals surface area contributed by atoms with Crippen molar-refractivity contribution < 1.29 is 4.74 Å². The quantitative estimate of drug-likeness (QED) is 0.746. The lowest BCUT2D eigenvalue weighted by Gasteiger charge is -2.32. The number of hydrogen-bond donors (Lipinski definition) is 1. The van der Waals surface area contributed by atoms with Crippen LogP contribution in [-0.4, -0.2) is 48.7 Å². The van der Waals surface area contributed by atoms with Gasteiger partial charge in [0.1, 0.15) is 12.4 Å². The third kappa shape index (κ3) is 5.53. The average molecular weight is 308 g/mol. The van der Waals surface area contributed by atoms with Crippen molar-refractivity contribution in [2.24, 2.45) is 0 Å². The number of benzene rings is 1. The predicted molar refractivity (Wildman–Crippen MR) is 92.3 cm³/mol. The highest BCUT2D eigenvalue weighted by molar-refractivity contribution is 7.99. The van der Waals surface area contributed by atoms with Crippen molar-refractivity contribution in [3.63, 3.8) is 0 Å². The summed E-state index contributed by atoms with van der Waals surface area (Å²) in [6, 6.07) is 9.05. The lowest BCUT2D eigenvalue weighted by molar-refractivity contribution is 0.182. The summed E-state index contributed by atoms with van der Waals surface area (Å²) in [6.45, 7) is 9.44. The van der Waals surface area contributed by atoms with Crippen molar-refractivity contribution in [1.29, 1.82) is 0 Å². The number of hydrogen-bond acceptors (Lipinski definition) is 4. The van der Waals surface area contributed by atoms with E-state index < -0.39 is 0 Å². The molecule has 0 saturated carbocycles. The Balaban J connectivity index is 1.79. The topological polar surface area (TPSA) is 24.5 Å². The number of ether oxygens (including phenoxy) is 1. The first-order chi connectivity index (χ1) is 10.3. The van der Waals surface area contributed by atoms with E-state index in [2.05, 4.69) is 60.1 Å². The minimum Gasteiger partial charge on any atom is -0.492 e. The molecule has 1 aromatic carbocycles. The van der Waals surface area contributed by atoms with Gasteiger partial charge < -0.3 is 10.1 Å². The second-order valence-electron chi connectivity index (χ2n) is 5.59. The summed E-state index contributed by atoms with van der Waals surface area (Å²) in [4.78, 5) is 2.54. The Labute approximate surface area is 133 Å². The summed E-state index contributed by atoms with van der Waals surface area (Å²) in [6.07, 6.45) is 1.16. The SMILES string of the molecule is CCCNCc1ccccc1OCCN1CCSCC1C. The molecular weight excluding hydrogens is 280 g/mol. The highest BCUT2D eigenvalue weighted by Crippen LogP contribution is 2.19. The van der Waals surface area contributed by atoms with Gasteiger partial charge >= 0.3 is 0 Å². The molecule has 1 aromatic rings. The molecule has 21 heavy (non-hydrogen) atoms. The molecule has 2 rings (SSSR count). The molecule has 1 saturated heterocycles. The summed E-state index contributed by atoms with van der Waals surface area (Å²) in [5.74, 6) is 3.53. The van der Waals surface area contributed by atoms with Gasteiger partial charge in [-0.1, -0.05) is 25.1 Å². The lowest BCUT2D eigenvalue weighted by atomic mass is 10.2. The highest BCUT2D eigenvalue weighted by Gasteiger charge is 2.18. The van der Waals surface area contributed by atoms with Gasteiger partial charge in [0, 0.05) is 42.7 Å². The summed E-state index contributed by atoms with van der Waals surface area (Å²) >= 11 is 2.06. The Morgan fingerprint density at radius 2 is 2.24 bits per heavy atom. The van der Waals surface area contributed by atoms with E-state index in [1.54, 1.807) is 0 Å². The number of rotatable bonds is 8. The van der Waals surface area contributed by atoms with Crippen LogP contribution < -0.4 is 10.1 Å². The van der Waals surface area contributed by atoms with Gasteiger partial charge in [0.05, 0.1) is 0 Å². The van der Waals surface area contributed by atoms with E-state index in [-0.39, 0.29) is 0 Å². The zero-order valence-corrected chi connectivity index (χ0v) is 14.1. The number of nitrogens with zero attached hydrogens (tertiary/aromatic N) is 1. The molecule has 1 aliphatic heterocycles. The fraction of sp³-hybridized carbons (Fsp3) is 0.647. The first kappa shape index (κ1) is 16.7. The molecule has 0 aliphatic carbocycles. The predicted octanol–water partition coefficient (Wildman–Crippen LogP) is 3.00. The maximum Gasteiger partial charge on any atom is 0.123 e. The lowest BCUT2D eigenvalue weighted by Crippen LogP contribution is -2.42. The molecule has 1 heterocycles. The number of nitrogens with one attached hydrogen (secondary N) is 1. The molecule has 0 bridgehead atoms. The molecule has 1 N–H and O–H groups in total. The molecule has 0 amide bonds. The number of thioether (sulfide) groups is 1. The van der Waals surface area contributed by atoms with Gasteiger partial charge in [0.2, 0.25) is 0 Å². The average Bonchev–Trinajstić information content (AvgIpc) is 2.51. The van der Waals surface area contributed by atoms with E-state index in [4.69, 9.17) is 4.74 Å². The van der Waals surface area contributed by atoms with Crippen LogP contribution in [0.4, 0.5) is 0 Å². The first-order valence-electron chi connectivity index (χ1n) is 8.04. The van der Waals surface area contributed by atoms with E-state index in [1.165, 1.54) is 23.6 Å². The van der Waals surface area contributed by atoms with Crippen molar-refractivity contribution >= 4 is 11.8 Å². The van der Waals surface area contributed by atoms with E-state index >= 15 is 0 Å². The molecule has 0 aromatic heterocycles. The van der Waals surface area contributed by atoms with Crippen LogP contribution in [0.15, 0.2) is 24.3 Å². The molecule has 3 nitrogen and oxygen atoms in total. The molecule has 118 valence electrons. The Bertz CT molecular complexity index is 414. The van der Waals surface area contributed by atoms with Crippen molar-refractivity contribution in [2.75, 3.05) is 37.7 Å². The van der Waals surface area contributed by atoms with E-state index in [1.807, 2.05) is 0 Å². The van der Waals surface area contributed by atoms with Crippen LogP contribution in [0.2, 0.25) is 0 Å². The van der Waals surface area contributed by atoms with Crippen LogP contribution in [0.5, 0.6) is 5.75 Å². The fourth-order valence-electron chi connectivity index (χ4n) is 2.56. The van der Waals surface area contributed by atoms with E-state index in [0.717, 1.165) is 38.4 Å². The van der Waals surface area contributed by atoms with Crippen LogP contribution in [0.1, 0.15) is 25.8 Å². The van der Waals surface area contributed by atoms with E-state index in [9.17, 15) is 0 Å². The summed E-state index contributed by atoms with van der Waals surface area (Å²) < 4.78 is 6.03. The molecular formula is C17H28N2OS. The molecule has 1 fully saturated rings. The van der Waals surface area contributed by atoms with Crippen LogP contribution in [0, 0.1) is 0 Å². The van der Waals surface area contributed by atoms with Crippen LogP contribution in [0.3, 0.4) is 0 Å². The normalized spacial score (nSPS) is 19.6. The molecule has 1 aliphatic rings. The smallest absolute Gasteiger partial charge is 0.123 e. The van der Waals surface area contributed by atoms with Gasteiger partial charge in [-0.15, -0.1) is 0 Å². The Hall–Kier alpha value is -0.710. The molecule has 1 unspecified atom stereocenters. The van der Waals surface area contributed by atoms with Crippen LogP contribution >= 0.6 is 11.8 Å². The van der Waals surface area contributed by atoms with Gasteiger partial charge in [-0.25, -0.2) is 0 Å². The standard InChI is InChI=1S/C17H28N2OS/c1-3-8-18-13-16-6-4-5-7-17(16)20-11-9-19-10-12-21-14-15(19)2/h4-7,15,18H,3,8-14H2,1-2H3. The van der Waals surface area contributed by atoms with Crippen molar-refractivity contribution in [3.8, 4) is 5.75 Å². The van der Waals surface area contributed by atoms with Crippen molar-refractivity contribution in [1.82, 2.24) is 10.2 Å². The summed E-state index contributed by atoms with van der Waals surface area (Å²) in [5, 5.41) is 3.45. The Kier molecular flexibility index (Phi) is 7.41. The first-order valence-corrected chi connectivity index (χ1v) is 9.20. The van der Waals surface area contributed by atoms with Gasteiger partial charge in [-0.05, 0) is 26.0 Å². The van der Waals surface area contributed by atoms with Crippen molar-refractivity contribution in [3.05, 3.63) is 29.8 Å². The van der Waals surface area contributed by atoms with Crippen LogP contribution in [-0.2, 0) is 6.54 Å². The third-order valence-electron chi connectivity index (χ3n) is 3.86. The second-order valence-corrected chi connectivity index (χ2v) is 6.74. The zero-order valence-electron chi connectivity index (χ0n) is 13.3. The fourth-order valence-corrected chi connectivity index (χ4v) is 3.64. The van der Waals surface area contributed by atoms with Crippen molar-refractivity contribution in [2.45, 2.75) is 32.9 Å². The number of para-hydroxylation sites is 1. The minimum atomic E-state index is 0.675. The largest absolute Gasteiger partial charge is 0.492 e. The Morgan fingerprint density at radius 3 is 3.05 bits per heavy atom. The maximum absolute atomic E-state index is 6.03. The maximum atomic E-state index is 6.03.